The summed E-state index contributed by atoms with van der Waals surface area (Å²) in [5.74, 6) is -0.232. The molecule has 0 bridgehead atoms. The summed E-state index contributed by atoms with van der Waals surface area (Å²) in [6, 6.07) is -0.395. The van der Waals surface area contributed by atoms with Crippen LogP contribution in [-0.2, 0) is 9.59 Å². The van der Waals surface area contributed by atoms with Gasteiger partial charge in [-0.2, -0.15) is 0 Å². The highest BCUT2D eigenvalue weighted by Gasteiger charge is 2.33. The van der Waals surface area contributed by atoms with E-state index in [4.69, 9.17) is 0 Å². The summed E-state index contributed by atoms with van der Waals surface area (Å²) in [6.45, 7) is 1.98. The van der Waals surface area contributed by atoms with E-state index in [0.717, 1.165) is 4.47 Å². The predicted octanol–water partition coefficient (Wildman–Crippen LogP) is 0.480. The van der Waals surface area contributed by atoms with E-state index in [1.54, 1.807) is 17.3 Å². The van der Waals surface area contributed by atoms with Crippen LogP contribution in [0.5, 0.6) is 0 Å². The maximum absolute atomic E-state index is 11.6. The number of anilines is 1. The molecule has 0 aromatic carbocycles. The number of amides is 2. The number of imide groups is 1. The summed E-state index contributed by atoms with van der Waals surface area (Å²) in [4.78, 5) is 32.8. The predicted molar refractivity (Wildman–Crippen MR) is 64.3 cm³/mol. The van der Waals surface area contributed by atoms with Gasteiger partial charge in [-0.05, 0) is 22.4 Å². The Morgan fingerprint density at radius 3 is 2.71 bits per heavy atom. The Bertz CT molecular complexity index is 448. The van der Waals surface area contributed by atoms with E-state index in [1.165, 1.54) is 0 Å². The lowest BCUT2D eigenvalue weighted by Gasteiger charge is -2.33. The van der Waals surface area contributed by atoms with E-state index < -0.39 is 6.04 Å². The minimum Gasteiger partial charge on any atom is -0.319 e. The van der Waals surface area contributed by atoms with Crippen molar-refractivity contribution >= 4 is 33.7 Å². The first-order valence-corrected chi connectivity index (χ1v) is 5.99. The molecule has 1 fully saturated rings. The zero-order chi connectivity index (χ0) is 12.4. The molecular formula is C10H11BrN4O2. The molecule has 1 unspecified atom stereocenters. The van der Waals surface area contributed by atoms with Crippen LogP contribution in [0.25, 0.3) is 0 Å². The highest BCUT2D eigenvalue weighted by molar-refractivity contribution is 9.10. The molecule has 2 rings (SSSR count). The zero-order valence-corrected chi connectivity index (χ0v) is 10.8. The Hall–Kier alpha value is -1.50. The Balaban J connectivity index is 2.30. The van der Waals surface area contributed by atoms with Gasteiger partial charge in [0.25, 0.3) is 0 Å². The second kappa shape index (κ2) is 4.79. The van der Waals surface area contributed by atoms with E-state index in [1.807, 2.05) is 6.92 Å². The van der Waals surface area contributed by atoms with Gasteiger partial charge in [0.15, 0.2) is 0 Å². The van der Waals surface area contributed by atoms with Crippen LogP contribution in [0.4, 0.5) is 5.95 Å². The highest BCUT2D eigenvalue weighted by atomic mass is 79.9. The van der Waals surface area contributed by atoms with Gasteiger partial charge < -0.3 is 4.90 Å². The fourth-order valence-electron chi connectivity index (χ4n) is 1.74. The van der Waals surface area contributed by atoms with Crippen molar-refractivity contribution in [1.82, 2.24) is 15.3 Å². The Labute approximate surface area is 107 Å². The number of halogens is 1. The first-order chi connectivity index (χ1) is 8.11. The number of rotatable bonds is 2. The molecule has 1 N–H and O–H groups in total. The first kappa shape index (κ1) is 12.0. The molecule has 1 saturated heterocycles. The third-order valence-electron chi connectivity index (χ3n) is 2.51. The second-order valence-corrected chi connectivity index (χ2v) is 4.58. The number of nitrogens with one attached hydrogen (secondary N) is 1. The third kappa shape index (κ3) is 2.44. The van der Waals surface area contributed by atoms with Crippen LogP contribution < -0.4 is 10.2 Å². The van der Waals surface area contributed by atoms with Gasteiger partial charge in [0, 0.05) is 12.4 Å². The number of carbonyl (C=O) groups excluding carboxylic acids is 2. The molecule has 1 aromatic rings. The standard InChI is InChI=1S/C10H11BrN4O2/c1-2-7-9(17)14-8(16)5-15(7)10-12-3-6(11)4-13-10/h3-4,7H,2,5H2,1H3,(H,14,16,17). The molecule has 0 spiro atoms. The van der Waals surface area contributed by atoms with Crippen molar-refractivity contribution in [3.05, 3.63) is 16.9 Å². The zero-order valence-electron chi connectivity index (χ0n) is 9.18. The van der Waals surface area contributed by atoms with Crippen molar-refractivity contribution in [2.45, 2.75) is 19.4 Å². The van der Waals surface area contributed by atoms with Gasteiger partial charge in [-0.15, -0.1) is 0 Å². The molecular weight excluding hydrogens is 288 g/mol. The average Bonchev–Trinajstić information content (AvgIpc) is 2.29. The lowest BCUT2D eigenvalue weighted by molar-refractivity contribution is -0.133. The van der Waals surface area contributed by atoms with Gasteiger partial charge in [0.2, 0.25) is 17.8 Å². The summed E-state index contributed by atoms with van der Waals surface area (Å²) < 4.78 is 0.752. The molecule has 0 radical (unpaired) electrons. The summed E-state index contributed by atoms with van der Waals surface area (Å²) in [5.41, 5.74) is 0. The number of piperazine rings is 1. The van der Waals surface area contributed by atoms with Crippen LogP contribution in [0.2, 0.25) is 0 Å². The lowest BCUT2D eigenvalue weighted by Crippen LogP contribution is -2.58. The molecule has 0 aliphatic carbocycles. The second-order valence-electron chi connectivity index (χ2n) is 3.67. The number of hydrogen-bond donors (Lipinski definition) is 1. The molecule has 6 nitrogen and oxygen atoms in total. The number of nitrogens with zero attached hydrogens (tertiary/aromatic N) is 3. The van der Waals surface area contributed by atoms with Crippen molar-refractivity contribution in [2.75, 3.05) is 11.4 Å². The third-order valence-corrected chi connectivity index (χ3v) is 2.92. The smallest absolute Gasteiger partial charge is 0.249 e. The Morgan fingerprint density at radius 1 is 1.47 bits per heavy atom. The van der Waals surface area contributed by atoms with E-state index in [2.05, 4.69) is 31.2 Å². The quantitative estimate of drug-likeness (QED) is 0.804. The van der Waals surface area contributed by atoms with Gasteiger partial charge in [0.05, 0.1) is 4.47 Å². The largest absolute Gasteiger partial charge is 0.319 e. The maximum atomic E-state index is 11.6. The molecule has 1 aliphatic heterocycles. The van der Waals surface area contributed by atoms with Crippen LogP contribution in [0.15, 0.2) is 16.9 Å². The van der Waals surface area contributed by atoms with Gasteiger partial charge in [-0.1, -0.05) is 6.92 Å². The highest BCUT2D eigenvalue weighted by Crippen LogP contribution is 2.17. The van der Waals surface area contributed by atoms with Crippen LogP contribution in [0.3, 0.4) is 0 Å². The number of aromatic nitrogens is 2. The molecule has 2 heterocycles. The average molecular weight is 299 g/mol. The lowest BCUT2D eigenvalue weighted by atomic mass is 10.1. The van der Waals surface area contributed by atoms with Crippen molar-refractivity contribution in [3.8, 4) is 0 Å². The fraction of sp³-hybridized carbons (Fsp3) is 0.400. The van der Waals surface area contributed by atoms with Crippen molar-refractivity contribution in [1.29, 1.82) is 0 Å². The number of hydrogen-bond acceptors (Lipinski definition) is 5. The normalized spacial score (nSPS) is 20.4. The van der Waals surface area contributed by atoms with Gasteiger partial charge in [0.1, 0.15) is 12.6 Å². The van der Waals surface area contributed by atoms with Gasteiger partial charge >= 0.3 is 0 Å². The minimum atomic E-state index is -0.395. The molecule has 17 heavy (non-hydrogen) atoms. The summed E-state index contributed by atoms with van der Waals surface area (Å²) in [6.07, 6.45) is 3.77. The van der Waals surface area contributed by atoms with E-state index >= 15 is 0 Å². The molecule has 7 heteroatoms. The summed E-state index contributed by atoms with van der Waals surface area (Å²) >= 11 is 3.24. The molecule has 90 valence electrons. The Kier molecular flexibility index (Phi) is 3.37. The monoisotopic (exact) mass is 298 g/mol. The summed E-state index contributed by atoms with van der Waals surface area (Å²) in [5, 5.41) is 2.31. The fourth-order valence-corrected chi connectivity index (χ4v) is 1.94. The molecule has 1 atom stereocenters. The van der Waals surface area contributed by atoms with Crippen molar-refractivity contribution < 1.29 is 9.59 Å². The minimum absolute atomic E-state index is 0.103. The van der Waals surface area contributed by atoms with Gasteiger partial charge in [-0.3, -0.25) is 14.9 Å². The maximum Gasteiger partial charge on any atom is 0.249 e. The van der Waals surface area contributed by atoms with Crippen LogP contribution in [0.1, 0.15) is 13.3 Å². The number of carbonyl (C=O) groups is 2. The van der Waals surface area contributed by atoms with Crippen molar-refractivity contribution in [3.63, 3.8) is 0 Å². The van der Waals surface area contributed by atoms with E-state index in [-0.39, 0.29) is 18.4 Å². The van der Waals surface area contributed by atoms with Crippen LogP contribution in [0, 0.1) is 0 Å². The summed E-state index contributed by atoms with van der Waals surface area (Å²) in [7, 11) is 0. The van der Waals surface area contributed by atoms with E-state index in [0.29, 0.717) is 12.4 Å². The van der Waals surface area contributed by atoms with Gasteiger partial charge in [-0.25, -0.2) is 9.97 Å². The molecule has 1 aliphatic rings. The SMILES string of the molecule is CCC1C(=O)NC(=O)CN1c1ncc(Br)cn1. The molecule has 0 saturated carbocycles. The van der Waals surface area contributed by atoms with Crippen LogP contribution >= 0.6 is 15.9 Å². The van der Waals surface area contributed by atoms with Crippen LogP contribution in [-0.4, -0.2) is 34.4 Å². The topological polar surface area (TPSA) is 75.2 Å². The Morgan fingerprint density at radius 2 is 2.12 bits per heavy atom. The first-order valence-electron chi connectivity index (χ1n) is 5.19. The van der Waals surface area contributed by atoms with E-state index in [9.17, 15) is 9.59 Å². The van der Waals surface area contributed by atoms with Crippen molar-refractivity contribution in [2.24, 2.45) is 0 Å². The molecule has 1 aromatic heterocycles. The molecule has 2 amide bonds.